The van der Waals surface area contributed by atoms with Crippen molar-refractivity contribution in [2.24, 2.45) is 0 Å². The van der Waals surface area contributed by atoms with Crippen LogP contribution in [0.5, 0.6) is 0 Å². The van der Waals surface area contributed by atoms with Crippen molar-refractivity contribution in [1.29, 1.82) is 0 Å². The zero-order valence-electron chi connectivity index (χ0n) is 15.3. The summed E-state index contributed by atoms with van der Waals surface area (Å²) in [6, 6.07) is 11.3. The van der Waals surface area contributed by atoms with Crippen LogP contribution in [0, 0.1) is 0 Å². The minimum absolute atomic E-state index is 0.190. The minimum atomic E-state index is -0.190. The number of hydrogen-bond donors (Lipinski definition) is 3. The highest BCUT2D eigenvalue weighted by atomic mass is 16.1. The van der Waals surface area contributed by atoms with Crippen molar-refractivity contribution in [2.75, 3.05) is 18.1 Å². The van der Waals surface area contributed by atoms with Crippen LogP contribution in [0.15, 0.2) is 61.2 Å². The van der Waals surface area contributed by atoms with E-state index in [0.29, 0.717) is 5.56 Å². The monoisotopic (exact) mass is 373 g/mol. The van der Waals surface area contributed by atoms with E-state index < -0.39 is 0 Å². The van der Waals surface area contributed by atoms with Crippen molar-refractivity contribution in [1.82, 2.24) is 24.9 Å². The van der Waals surface area contributed by atoms with Crippen LogP contribution in [0.2, 0.25) is 0 Å². The summed E-state index contributed by atoms with van der Waals surface area (Å²) in [7, 11) is 1.90. The molecule has 0 aliphatic carbocycles. The molecule has 28 heavy (non-hydrogen) atoms. The predicted molar refractivity (Wildman–Crippen MR) is 108 cm³/mol. The van der Waals surface area contributed by atoms with Crippen molar-refractivity contribution in [2.45, 2.75) is 6.54 Å². The van der Waals surface area contributed by atoms with Crippen molar-refractivity contribution in [3.05, 3.63) is 72.3 Å². The molecule has 0 bridgehead atoms. The lowest BCUT2D eigenvalue weighted by Gasteiger charge is -2.07. The molecule has 8 heteroatoms. The number of nitrogens with one attached hydrogen (secondary N) is 2. The van der Waals surface area contributed by atoms with E-state index in [2.05, 4.69) is 25.7 Å². The summed E-state index contributed by atoms with van der Waals surface area (Å²) in [5, 5.41) is 10.3. The van der Waals surface area contributed by atoms with Crippen molar-refractivity contribution >= 4 is 23.1 Å². The normalized spacial score (nSPS) is 10.9. The largest absolute Gasteiger partial charge is 0.368 e. The summed E-state index contributed by atoms with van der Waals surface area (Å²) in [4.78, 5) is 20.7. The van der Waals surface area contributed by atoms with E-state index in [9.17, 15) is 4.79 Å². The lowest BCUT2D eigenvalue weighted by atomic mass is 10.1. The molecule has 3 aromatic heterocycles. The average molecular weight is 373 g/mol. The molecular weight excluding hydrogens is 354 g/mol. The predicted octanol–water partition coefficient (Wildman–Crippen LogP) is 2.35. The van der Waals surface area contributed by atoms with E-state index in [1.807, 2.05) is 31.3 Å². The van der Waals surface area contributed by atoms with E-state index in [-0.39, 0.29) is 11.9 Å². The molecule has 4 N–H and O–H groups in total. The molecule has 4 aromatic rings. The number of carbonyl (C=O) groups is 1. The second-order valence-electron chi connectivity index (χ2n) is 6.31. The van der Waals surface area contributed by atoms with Gasteiger partial charge in [-0.2, -0.15) is 5.10 Å². The quantitative estimate of drug-likeness (QED) is 0.495. The summed E-state index contributed by atoms with van der Waals surface area (Å²) in [6.45, 7) is 0.781. The van der Waals surface area contributed by atoms with E-state index in [1.54, 1.807) is 41.4 Å². The third-order valence-electron chi connectivity index (χ3n) is 4.36. The van der Waals surface area contributed by atoms with Crippen LogP contribution in [-0.4, -0.2) is 32.5 Å². The van der Waals surface area contributed by atoms with Crippen LogP contribution in [0.4, 0.5) is 11.6 Å². The first kappa shape index (κ1) is 17.6. The van der Waals surface area contributed by atoms with E-state index >= 15 is 0 Å². The molecule has 0 radical (unpaired) electrons. The maximum absolute atomic E-state index is 12.7. The maximum atomic E-state index is 12.7. The summed E-state index contributed by atoms with van der Waals surface area (Å²) < 4.78 is 1.70. The highest BCUT2D eigenvalue weighted by Gasteiger charge is 2.12. The Balaban J connectivity index is 1.60. The SMILES string of the molecule is CNCc1ccc(NC(=O)c2ccn3ncc(-c4cnc(N)nc4)c3c2)cc1. The Morgan fingerprint density at radius 2 is 1.86 bits per heavy atom. The van der Waals surface area contributed by atoms with Crippen LogP contribution in [0.3, 0.4) is 0 Å². The molecule has 0 atom stereocenters. The molecule has 140 valence electrons. The van der Waals surface area contributed by atoms with Crippen LogP contribution < -0.4 is 16.4 Å². The number of hydrogen-bond acceptors (Lipinski definition) is 6. The lowest BCUT2D eigenvalue weighted by molar-refractivity contribution is 0.102. The standard InChI is InChI=1S/C20H19N7O/c1-22-9-13-2-4-16(5-3-13)26-19(28)14-6-7-27-18(8-14)17(12-25-27)15-10-23-20(21)24-11-15/h2-8,10-12,22H,9H2,1H3,(H,26,28)(H2,21,23,24). The zero-order valence-corrected chi connectivity index (χ0v) is 15.3. The molecule has 1 aromatic carbocycles. The number of carbonyl (C=O) groups excluding carboxylic acids is 1. The van der Waals surface area contributed by atoms with Gasteiger partial charge in [0.1, 0.15) is 0 Å². The minimum Gasteiger partial charge on any atom is -0.368 e. The van der Waals surface area contributed by atoms with Crippen LogP contribution in [-0.2, 0) is 6.54 Å². The van der Waals surface area contributed by atoms with Gasteiger partial charge in [0.15, 0.2) is 0 Å². The van der Waals surface area contributed by atoms with E-state index in [4.69, 9.17) is 5.73 Å². The first-order chi connectivity index (χ1) is 13.6. The van der Waals surface area contributed by atoms with Gasteiger partial charge in [-0.25, -0.2) is 14.5 Å². The van der Waals surface area contributed by atoms with Gasteiger partial charge in [-0.05, 0) is 36.9 Å². The van der Waals surface area contributed by atoms with Crippen molar-refractivity contribution < 1.29 is 4.79 Å². The van der Waals surface area contributed by atoms with Gasteiger partial charge < -0.3 is 16.4 Å². The Labute approximate surface area is 161 Å². The number of benzene rings is 1. The summed E-state index contributed by atoms with van der Waals surface area (Å²) >= 11 is 0. The molecule has 8 nitrogen and oxygen atoms in total. The number of anilines is 2. The first-order valence-electron chi connectivity index (χ1n) is 8.74. The molecule has 0 aliphatic heterocycles. The summed E-state index contributed by atoms with van der Waals surface area (Å²) in [5.41, 5.74) is 10.4. The number of nitrogens with two attached hydrogens (primary N) is 1. The van der Waals surface area contributed by atoms with Crippen LogP contribution in [0.25, 0.3) is 16.6 Å². The highest BCUT2D eigenvalue weighted by molar-refractivity contribution is 6.05. The number of nitrogens with zero attached hydrogens (tertiary/aromatic N) is 4. The number of amides is 1. The van der Waals surface area contributed by atoms with Gasteiger partial charge in [0.25, 0.3) is 5.91 Å². The zero-order chi connectivity index (χ0) is 19.5. The highest BCUT2D eigenvalue weighted by Crippen LogP contribution is 2.24. The van der Waals surface area contributed by atoms with Gasteiger partial charge in [0, 0.05) is 47.5 Å². The Bertz CT molecular complexity index is 1120. The summed E-state index contributed by atoms with van der Waals surface area (Å²) in [5.74, 6) is 0.0191. The molecule has 0 saturated carbocycles. The number of pyridine rings is 1. The van der Waals surface area contributed by atoms with Crippen LogP contribution in [0.1, 0.15) is 15.9 Å². The molecule has 0 aliphatic rings. The lowest BCUT2D eigenvalue weighted by Crippen LogP contribution is -2.12. The Morgan fingerprint density at radius 3 is 2.57 bits per heavy atom. The fourth-order valence-corrected chi connectivity index (χ4v) is 2.93. The van der Waals surface area contributed by atoms with Gasteiger partial charge in [-0.15, -0.1) is 0 Å². The summed E-state index contributed by atoms with van der Waals surface area (Å²) in [6.07, 6.45) is 6.74. The average Bonchev–Trinajstić information content (AvgIpc) is 3.13. The Morgan fingerprint density at radius 1 is 1.11 bits per heavy atom. The maximum Gasteiger partial charge on any atom is 0.255 e. The number of aromatic nitrogens is 4. The number of nitrogen functional groups attached to an aromatic ring is 1. The fourth-order valence-electron chi connectivity index (χ4n) is 2.93. The number of rotatable bonds is 5. The Hall–Kier alpha value is -3.78. The molecule has 4 rings (SSSR count). The van der Waals surface area contributed by atoms with Crippen molar-refractivity contribution in [3.8, 4) is 11.1 Å². The molecule has 0 fully saturated rings. The van der Waals surface area contributed by atoms with Gasteiger partial charge in [0.05, 0.1) is 11.7 Å². The third-order valence-corrected chi connectivity index (χ3v) is 4.36. The first-order valence-corrected chi connectivity index (χ1v) is 8.74. The van der Waals surface area contributed by atoms with Gasteiger partial charge >= 0.3 is 0 Å². The third kappa shape index (κ3) is 3.53. The topological polar surface area (TPSA) is 110 Å². The number of fused-ring (bicyclic) bond motifs is 1. The molecule has 0 unspecified atom stereocenters. The van der Waals surface area contributed by atoms with Gasteiger partial charge in [0.2, 0.25) is 5.95 Å². The molecule has 1 amide bonds. The van der Waals surface area contributed by atoms with Gasteiger partial charge in [-0.3, -0.25) is 4.79 Å². The smallest absolute Gasteiger partial charge is 0.255 e. The molecule has 0 spiro atoms. The molecule has 0 saturated heterocycles. The van der Waals surface area contributed by atoms with Crippen LogP contribution >= 0.6 is 0 Å². The van der Waals surface area contributed by atoms with Crippen molar-refractivity contribution in [3.63, 3.8) is 0 Å². The second-order valence-corrected chi connectivity index (χ2v) is 6.31. The van der Waals surface area contributed by atoms with Gasteiger partial charge in [-0.1, -0.05) is 12.1 Å². The molecular formula is C20H19N7O. The fraction of sp³-hybridized carbons (Fsp3) is 0.100. The molecule has 3 heterocycles. The van der Waals surface area contributed by atoms with E-state index in [0.717, 1.165) is 34.4 Å². The Kier molecular flexibility index (Phi) is 4.69. The second kappa shape index (κ2) is 7.45. The van der Waals surface area contributed by atoms with E-state index in [1.165, 1.54) is 0 Å².